The molecule has 1 fully saturated rings. The zero-order chi connectivity index (χ0) is 13.4. The molecule has 0 saturated heterocycles. The van der Waals surface area contributed by atoms with Gasteiger partial charge >= 0.3 is 0 Å². The van der Waals surface area contributed by atoms with Gasteiger partial charge in [-0.1, -0.05) is 26.7 Å². The van der Waals surface area contributed by atoms with E-state index >= 15 is 0 Å². The highest BCUT2D eigenvalue weighted by Crippen LogP contribution is 2.25. The lowest BCUT2D eigenvalue weighted by molar-refractivity contribution is 0.0954. The summed E-state index contributed by atoms with van der Waals surface area (Å²) in [6.45, 7) is 8.69. The minimum atomic E-state index is 0.509. The third kappa shape index (κ3) is 6.17. The second-order valence-electron chi connectivity index (χ2n) is 6.25. The molecule has 3 heteroatoms. The molecule has 0 heterocycles. The lowest BCUT2D eigenvalue weighted by Crippen LogP contribution is -2.45. The number of methoxy groups -OCH3 is 1. The highest BCUT2D eigenvalue weighted by Gasteiger charge is 2.21. The first-order chi connectivity index (χ1) is 8.63. The van der Waals surface area contributed by atoms with Crippen LogP contribution in [-0.2, 0) is 4.74 Å². The molecule has 1 unspecified atom stereocenters. The van der Waals surface area contributed by atoms with Gasteiger partial charge in [-0.3, -0.25) is 4.90 Å². The molecule has 1 rings (SSSR count). The molecule has 1 saturated carbocycles. The lowest BCUT2D eigenvalue weighted by Gasteiger charge is -2.30. The molecule has 0 bridgehead atoms. The Balaban J connectivity index is 2.28. The monoisotopic (exact) mass is 256 g/mol. The maximum Gasteiger partial charge on any atom is 0.0630 e. The summed E-state index contributed by atoms with van der Waals surface area (Å²) in [5.41, 5.74) is 0. The standard InChI is InChI=1S/C15H32N2O/c1-13(2)9-16-10-15(12-18-4)17(3)11-14-7-5-6-8-14/h13-16H,5-12H2,1-4H3. The first-order valence-corrected chi connectivity index (χ1v) is 7.53. The van der Waals surface area contributed by atoms with Crippen molar-refractivity contribution in [2.24, 2.45) is 11.8 Å². The van der Waals surface area contributed by atoms with Crippen molar-refractivity contribution in [3.8, 4) is 0 Å². The Bertz CT molecular complexity index is 203. The van der Waals surface area contributed by atoms with Crippen LogP contribution in [0.3, 0.4) is 0 Å². The van der Waals surface area contributed by atoms with Crippen LogP contribution in [0.5, 0.6) is 0 Å². The molecule has 1 N–H and O–H groups in total. The molecule has 18 heavy (non-hydrogen) atoms. The summed E-state index contributed by atoms with van der Waals surface area (Å²) in [5, 5.41) is 3.55. The average Bonchev–Trinajstić information content (AvgIpc) is 2.80. The maximum absolute atomic E-state index is 5.37. The Morgan fingerprint density at radius 1 is 1.22 bits per heavy atom. The van der Waals surface area contributed by atoms with E-state index in [1.807, 2.05) is 0 Å². The van der Waals surface area contributed by atoms with Crippen molar-refractivity contribution < 1.29 is 4.74 Å². The molecule has 1 aliphatic rings. The predicted octanol–water partition coefficient (Wildman–Crippen LogP) is 2.37. The second-order valence-corrected chi connectivity index (χ2v) is 6.25. The first-order valence-electron chi connectivity index (χ1n) is 7.53. The van der Waals surface area contributed by atoms with Crippen molar-refractivity contribution in [2.75, 3.05) is 40.4 Å². The lowest BCUT2D eigenvalue weighted by atomic mass is 10.1. The number of nitrogens with zero attached hydrogens (tertiary/aromatic N) is 1. The third-order valence-electron chi connectivity index (χ3n) is 3.94. The molecule has 0 spiro atoms. The maximum atomic E-state index is 5.37. The van der Waals surface area contributed by atoms with Crippen molar-refractivity contribution >= 4 is 0 Å². The van der Waals surface area contributed by atoms with Crippen LogP contribution in [-0.4, -0.2) is 51.3 Å². The number of ether oxygens (including phenoxy) is 1. The number of rotatable bonds is 9. The zero-order valence-corrected chi connectivity index (χ0v) is 12.7. The Hall–Kier alpha value is -0.120. The van der Waals surface area contributed by atoms with Crippen LogP contribution in [0, 0.1) is 11.8 Å². The largest absolute Gasteiger partial charge is 0.383 e. The van der Waals surface area contributed by atoms with E-state index in [0.29, 0.717) is 12.0 Å². The quantitative estimate of drug-likeness (QED) is 0.685. The number of nitrogens with one attached hydrogen (secondary N) is 1. The normalized spacial score (nSPS) is 19.0. The van der Waals surface area contributed by atoms with Gasteiger partial charge in [-0.25, -0.2) is 0 Å². The van der Waals surface area contributed by atoms with Gasteiger partial charge in [0.1, 0.15) is 0 Å². The average molecular weight is 256 g/mol. The fourth-order valence-electron chi connectivity index (χ4n) is 2.82. The Kier molecular flexibility index (Phi) is 7.87. The van der Waals surface area contributed by atoms with Gasteiger partial charge in [0.15, 0.2) is 0 Å². The summed E-state index contributed by atoms with van der Waals surface area (Å²) < 4.78 is 5.37. The number of likely N-dealkylation sites (N-methyl/N-ethyl adjacent to an activating group) is 1. The highest BCUT2D eigenvalue weighted by molar-refractivity contribution is 4.76. The summed E-state index contributed by atoms with van der Waals surface area (Å²) in [5.74, 6) is 1.63. The minimum absolute atomic E-state index is 0.509. The predicted molar refractivity (Wildman–Crippen MR) is 78.0 cm³/mol. The fraction of sp³-hybridized carbons (Fsp3) is 1.00. The summed E-state index contributed by atoms with van der Waals surface area (Å²) in [4.78, 5) is 2.49. The molecule has 0 aromatic rings. The minimum Gasteiger partial charge on any atom is -0.383 e. The molecule has 108 valence electrons. The Labute approximate surface area is 113 Å². The van der Waals surface area contributed by atoms with E-state index in [1.54, 1.807) is 7.11 Å². The SMILES string of the molecule is COCC(CNCC(C)C)N(C)CC1CCCC1. The van der Waals surface area contributed by atoms with E-state index < -0.39 is 0 Å². The van der Waals surface area contributed by atoms with E-state index in [9.17, 15) is 0 Å². The van der Waals surface area contributed by atoms with Crippen molar-refractivity contribution in [1.29, 1.82) is 0 Å². The molecule has 0 amide bonds. The van der Waals surface area contributed by atoms with Gasteiger partial charge < -0.3 is 10.1 Å². The van der Waals surface area contributed by atoms with Gasteiger partial charge in [-0.15, -0.1) is 0 Å². The van der Waals surface area contributed by atoms with Crippen molar-refractivity contribution in [3.63, 3.8) is 0 Å². The molecule has 0 aromatic carbocycles. The van der Waals surface area contributed by atoms with Crippen LogP contribution in [0.1, 0.15) is 39.5 Å². The van der Waals surface area contributed by atoms with Gasteiger partial charge in [0.2, 0.25) is 0 Å². The zero-order valence-electron chi connectivity index (χ0n) is 12.7. The van der Waals surface area contributed by atoms with Crippen molar-refractivity contribution in [2.45, 2.75) is 45.6 Å². The summed E-state index contributed by atoms with van der Waals surface area (Å²) in [7, 11) is 4.05. The third-order valence-corrected chi connectivity index (χ3v) is 3.94. The smallest absolute Gasteiger partial charge is 0.0630 e. The number of hydrogen-bond donors (Lipinski definition) is 1. The molecule has 0 aliphatic heterocycles. The molecule has 3 nitrogen and oxygen atoms in total. The Morgan fingerprint density at radius 3 is 2.44 bits per heavy atom. The summed E-state index contributed by atoms with van der Waals surface area (Å²) in [6.07, 6.45) is 5.70. The van der Waals surface area contributed by atoms with Crippen LogP contribution in [0.2, 0.25) is 0 Å². The van der Waals surface area contributed by atoms with Gasteiger partial charge in [0.25, 0.3) is 0 Å². The van der Waals surface area contributed by atoms with Crippen LogP contribution < -0.4 is 5.32 Å². The van der Waals surface area contributed by atoms with E-state index in [0.717, 1.165) is 25.6 Å². The molecular formula is C15H32N2O. The van der Waals surface area contributed by atoms with Crippen LogP contribution >= 0.6 is 0 Å². The first kappa shape index (κ1) is 15.9. The molecular weight excluding hydrogens is 224 g/mol. The van der Waals surface area contributed by atoms with E-state index in [2.05, 4.69) is 31.1 Å². The van der Waals surface area contributed by atoms with Crippen molar-refractivity contribution in [1.82, 2.24) is 10.2 Å². The van der Waals surface area contributed by atoms with Crippen LogP contribution in [0.25, 0.3) is 0 Å². The number of hydrogen-bond acceptors (Lipinski definition) is 3. The summed E-state index contributed by atoms with van der Waals surface area (Å²) >= 11 is 0. The fourth-order valence-corrected chi connectivity index (χ4v) is 2.82. The topological polar surface area (TPSA) is 24.5 Å². The Morgan fingerprint density at radius 2 is 1.89 bits per heavy atom. The van der Waals surface area contributed by atoms with Crippen LogP contribution in [0.4, 0.5) is 0 Å². The molecule has 1 atom stereocenters. The van der Waals surface area contributed by atoms with Gasteiger partial charge in [-0.05, 0) is 38.3 Å². The highest BCUT2D eigenvalue weighted by atomic mass is 16.5. The molecule has 0 radical (unpaired) electrons. The van der Waals surface area contributed by atoms with Gasteiger partial charge in [0.05, 0.1) is 6.61 Å². The molecule has 1 aliphatic carbocycles. The summed E-state index contributed by atoms with van der Waals surface area (Å²) in [6, 6.07) is 0.509. The van der Waals surface area contributed by atoms with Crippen LogP contribution in [0.15, 0.2) is 0 Å². The van der Waals surface area contributed by atoms with E-state index in [1.165, 1.54) is 32.2 Å². The van der Waals surface area contributed by atoms with E-state index in [-0.39, 0.29) is 0 Å². The van der Waals surface area contributed by atoms with Gasteiger partial charge in [-0.2, -0.15) is 0 Å². The molecule has 0 aromatic heterocycles. The second kappa shape index (κ2) is 8.89. The van der Waals surface area contributed by atoms with Gasteiger partial charge in [0, 0.05) is 26.2 Å². The van der Waals surface area contributed by atoms with E-state index in [4.69, 9.17) is 4.74 Å². The van der Waals surface area contributed by atoms with Crippen molar-refractivity contribution in [3.05, 3.63) is 0 Å².